The summed E-state index contributed by atoms with van der Waals surface area (Å²) in [5.41, 5.74) is 6.62. The second kappa shape index (κ2) is 8.49. The minimum atomic E-state index is -0.448. The lowest BCUT2D eigenvalue weighted by molar-refractivity contribution is -0.117. The van der Waals surface area contributed by atoms with Gasteiger partial charge in [0.2, 0.25) is 11.8 Å². The van der Waals surface area contributed by atoms with Crippen LogP contribution in [0.3, 0.4) is 0 Å². The third-order valence-corrected chi connectivity index (χ3v) is 4.35. The van der Waals surface area contributed by atoms with Gasteiger partial charge in [0.25, 0.3) is 0 Å². The van der Waals surface area contributed by atoms with E-state index in [-0.39, 0.29) is 11.9 Å². The molecule has 0 spiro atoms. The lowest BCUT2D eigenvalue weighted by Crippen LogP contribution is -2.33. The Morgan fingerprint density at radius 2 is 1.88 bits per heavy atom. The fraction of sp³-hybridized carbons (Fsp3) is 0.300. The molecule has 2 amide bonds. The van der Waals surface area contributed by atoms with Crippen LogP contribution in [0.25, 0.3) is 0 Å². The zero-order valence-corrected chi connectivity index (χ0v) is 14.6. The molecule has 26 heavy (non-hydrogen) atoms. The van der Waals surface area contributed by atoms with E-state index in [4.69, 9.17) is 10.5 Å². The molecule has 0 bridgehead atoms. The molecule has 0 radical (unpaired) electrons. The van der Waals surface area contributed by atoms with Gasteiger partial charge in [-0.05, 0) is 49.4 Å². The molecule has 3 rings (SSSR count). The van der Waals surface area contributed by atoms with Crippen molar-refractivity contribution in [3.05, 3.63) is 60.2 Å². The van der Waals surface area contributed by atoms with Gasteiger partial charge in [0.05, 0.1) is 6.61 Å². The maximum atomic E-state index is 12.2. The average Bonchev–Trinajstić information content (AvgIpc) is 3.03. The van der Waals surface area contributed by atoms with E-state index in [9.17, 15) is 9.59 Å². The fourth-order valence-electron chi connectivity index (χ4n) is 2.99. The van der Waals surface area contributed by atoms with Crippen LogP contribution in [-0.4, -0.2) is 37.6 Å². The van der Waals surface area contributed by atoms with Crippen LogP contribution in [0.5, 0.6) is 5.75 Å². The average molecular weight is 353 g/mol. The summed E-state index contributed by atoms with van der Waals surface area (Å²) in [7, 11) is 0. The molecule has 0 aromatic heterocycles. The Kier molecular flexibility index (Phi) is 5.86. The van der Waals surface area contributed by atoms with Crippen LogP contribution in [0.15, 0.2) is 54.6 Å². The van der Waals surface area contributed by atoms with E-state index in [0.29, 0.717) is 30.9 Å². The molecule has 1 atom stereocenters. The monoisotopic (exact) mass is 353 g/mol. The standard InChI is InChI=1S/C20H23N3O3/c21-20(25)15-7-9-18(10-8-15)26-12-4-11-22-16-13-19(24)23(14-16)17-5-2-1-3-6-17/h1-3,5-10,16,22H,4,11-14H2,(H2,21,25)/t16-/m1/s1. The fourth-order valence-corrected chi connectivity index (χ4v) is 2.99. The second-order valence-electron chi connectivity index (χ2n) is 6.29. The summed E-state index contributed by atoms with van der Waals surface area (Å²) in [6.45, 7) is 2.03. The van der Waals surface area contributed by atoms with Crippen molar-refractivity contribution in [1.29, 1.82) is 0 Å². The molecular formula is C20H23N3O3. The summed E-state index contributed by atoms with van der Waals surface area (Å²) in [6.07, 6.45) is 1.35. The predicted octanol–water partition coefficient (Wildman–Crippen LogP) is 1.95. The van der Waals surface area contributed by atoms with Gasteiger partial charge < -0.3 is 20.7 Å². The topological polar surface area (TPSA) is 84.7 Å². The molecule has 1 saturated heterocycles. The van der Waals surface area contributed by atoms with Gasteiger partial charge in [-0.15, -0.1) is 0 Å². The maximum Gasteiger partial charge on any atom is 0.248 e. The lowest BCUT2D eigenvalue weighted by Gasteiger charge is -2.17. The third kappa shape index (κ3) is 4.61. The number of anilines is 1. The molecule has 1 fully saturated rings. The number of carbonyl (C=O) groups excluding carboxylic acids is 2. The minimum Gasteiger partial charge on any atom is -0.494 e. The molecular weight excluding hydrogens is 330 g/mol. The van der Waals surface area contributed by atoms with Crippen molar-refractivity contribution in [1.82, 2.24) is 5.32 Å². The summed E-state index contributed by atoms with van der Waals surface area (Å²) in [6, 6.07) is 16.7. The number of rotatable bonds is 8. The van der Waals surface area contributed by atoms with Gasteiger partial charge in [0.15, 0.2) is 0 Å². The van der Waals surface area contributed by atoms with Crippen LogP contribution >= 0.6 is 0 Å². The first-order valence-corrected chi connectivity index (χ1v) is 8.75. The number of nitrogens with two attached hydrogens (primary N) is 1. The van der Waals surface area contributed by atoms with Crippen LogP contribution < -0.4 is 20.7 Å². The quantitative estimate of drug-likeness (QED) is 0.711. The van der Waals surface area contributed by atoms with Crippen molar-refractivity contribution in [2.24, 2.45) is 5.73 Å². The van der Waals surface area contributed by atoms with E-state index in [2.05, 4.69) is 5.32 Å². The number of para-hydroxylation sites is 1. The second-order valence-corrected chi connectivity index (χ2v) is 6.29. The first kappa shape index (κ1) is 17.9. The van der Waals surface area contributed by atoms with Gasteiger partial charge in [0.1, 0.15) is 5.75 Å². The van der Waals surface area contributed by atoms with Gasteiger partial charge in [-0.2, -0.15) is 0 Å². The molecule has 1 aliphatic heterocycles. The number of hydrogen-bond donors (Lipinski definition) is 2. The Hall–Kier alpha value is -2.86. The van der Waals surface area contributed by atoms with Gasteiger partial charge in [-0.3, -0.25) is 9.59 Å². The first-order chi connectivity index (χ1) is 12.6. The molecule has 0 unspecified atom stereocenters. The highest BCUT2D eigenvalue weighted by Gasteiger charge is 2.29. The highest BCUT2D eigenvalue weighted by molar-refractivity contribution is 5.96. The van der Waals surface area contributed by atoms with Crippen LogP contribution in [0.2, 0.25) is 0 Å². The van der Waals surface area contributed by atoms with E-state index < -0.39 is 5.91 Å². The summed E-state index contributed by atoms with van der Waals surface area (Å²) in [4.78, 5) is 25.0. The third-order valence-electron chi connectivity index (χ3n) is 4.35. The summed E-state index contributed by atoms with van der Waals surface area (Å²) in [5, 5.41) is 3.42. The zero-order chi connectivity index (χ0) is 18.4. The Morgan fingerprint density at radius 1 is 1.15 bits per heavy atom. The first-order valence-electron chi connectivity index (χ1n) is 8.75. The van der Waals surface area contributed by atoms with Crippen LogP contribution in [0.4, 0.5) is 5.69 Å². The number of nitrogens with one attached hydrogen (secondary N) is 1. The van der Waals surface area contributed by atoms with Gasteiger partial charge >= 0.3 is 0 Å². The van der Waals surface area contributed by atoms with E-state index in [0.717, 1.165) is 18.7 Å². The van der Waals surface area contributed by atoms with Crippen molar-refractivity contribution < 1.29 is 14.3 Å². The van der Waals surface area contributed by atoms with E-state index in [1.807, 2.05) is 35.2 Å². The number of primary amides is 1. The van der Waals surface area contributed by atoms with Gasteiger partial charge in [-0.25, -0.2) is 0 Å². The number of carbonyl (C=O) groups is 2. The van der Waals surface area contributed by atoms with Gasteiger partial charge in [0, 0.05) is 30.3 Å². The Morgan fingerprint density at radius 3 is 2.58 bits per heavy atom. The van der Waals surface area contributed by atoms with Crippen LogP contribution in [-0.2, 0) is 4.79 Å². The lowest BCUT2D eigenvalue weighted by atomic mass is 10.2. The Labute approximate surface area is 152 Å². The number of hydrogen-bond acceptors (Lipinski definition) is 4. The summed E-state index contributed by atoms with van der Waals surface area (Å²) in [5.74, 6) is 0.414. The predicted molar refractivity (Wildman–Crippen MR) is 100 cm³/mol. The van der Waals surface area contributed by atoms with E-state index in [1.54, 1.807) is 24.3 Å². The molecule has 1 aliphatic rings. The summed E-state index contributed by atoms with van der Waals surface area (Å²) >= 11 is 0. The molecule has 2 aromatic rings. The minimum absolute atomic E-state index is 0.152. The normalized spacial score (nSPS) is 16.7. The van der Waals surface area contributed by atoms with Crippen molar-refractivity contribution >= 4 is 17.5 Å². The molecule has 3 N–H and O–H groups in total. The van der Waals surface area contributed by atoms with Crippen LogP contribution in [0.1, 0.15) is 23.2 Å². The van der Waals surface area contributed by atoms with Crippen molar-refractivity contribution in [3.63, 3.8) is 0 Å². The Balaban J connectivity index is 1.36. The number of ether oxygens (including phenoxy) is 1. The largest absolute Gasteiger partial charge is 0.494 e. The SMILES string of the molecule is NC(=O)c1ccc(OCCCN[C@@H]2CC(=O)N(c3ccccc3)C2)cc1. The molecule has 6 nitrogen and oxygen atoms in total. The van der Waals surface area contributed by atoms with Crippen molar-refractivity contribution in [2.75, 3.05) is 24.6 Å². The number of amides is 2. The smallest absolute Gasteiger partial charge is 0.248 e. The van der Waals surface area contributed by atoms with Crippen LogP contribution in [0, 0.1) is 0 Å². The Bertz CT molecular complexity index is 747. The molecule has 136 valence electrons. The van der Waals surface area contributed by atoms with Crippen molar-refractivity contribution in [2.45, 2.75) is 18.9 Å². The van der Waals surface area contributed by atoms with Gasteiger partial charge in [-0.1, -0.05) is 18.2 Å². The van der Waals surface area contributed by atoms with E-state index >= 15 is 0 Å². The van der Waals surface area contributed by atoms with Crippen molar-refractivity contribution in [3.8, 4) is 5.75 Å². The maximum absolute atomic E-state index is 12.2. The molecule has 1 heterocycles. The molecule has 2 aromatic carbocycles. The van der Waals surface area contributed by atoms with E-state index in [1.165, 1.54) is 0 Å². The highest BCUT2D eigenvalue weighted by atomic mass is 16.5. The number of nitrogens with zero attached hydrogens (tertiary/aromatic N) is 1. The summed E-state index contributed by atoms with van der Waals surface area (Å²) < 4.78 is 5.65. The number of benzene rings is 2. The molecule has 6 heteroatoms. The molecule has 0 aliphatic carbocycles. The molecule has 0 saturated carbocycles. The highest BCUT2D eigenvalue weighted by Crippen LogP contribution is 2.21. The zero-order valence-electron chi connectivity index (χ0n) is 14.6.